The number of para-hydroxylation sites is 2. The average molecular weight is 377 g/mol. The molecule has 0 bridgehead atoms. The van der Waals surface area contributed by atoms with E-state index in [0.29, 0.717) is 19.4 Å². The Labute approximate surface area is 166 Å². The summed E-state index contributed by atoms with van der Waals surface area (Å²) in [5, 5.41) is 0. The summed E-state index contributed by atoms with van der Waals surface area (Å²) in [6, 6.07) is 16.6. The number of amides is 1. The fraction of sp³-hybridized carbons (Fsp3) is 0.391. The Hall–Kier alpha value is -2.82. The molecule has 3 aromatic rings. The molecule has 1 fully saturated rings. The molecule has 5 heteroatoms. The number of benzene rings is 2. The lowest BCUT2D eigenvalue weighted by atomic mass is 10.1. The van der Waals surface area contributed by atoms with Gasteiger partial charge in [0.15, 0.2) is 0 Å². The maximum Gasteiger partial charge on any atom is 0.223 e. The highest BCUT2D eigenvalue weighted by Crippen LogP contribution is 2.20. The van der Waals surface area contributed by atoms with Crippen molar-refractivity contribution in [3.8, 4) is 0 Å². The summed E-state index contributed by atoms with van der Waals surface area (Å²) >= 11 is 0. The van der Waals surface area contributed by atoms with Gasteiger partial charge in [-0.15, -0.1) is 0 Å². The fourth-order valence-corrected chi connectivity index (χ4v) is 3.87. The van der Waals surface area contributed by atoms with Crippen molar-refractivity contribution in [3.63, 3.8) is 0 Å². The first kappa shape index (κ1) is 18.5. The number of fused-ring (bicyclic) bond motifs is 1. The first-order chi connectivity index (χ1) is 13.7. The molecule has 1 aromatic heterocycles. The number of nitrogens with one attached hydrogen (secondary N) is 1. The summed E-state index contributed by atoms with van der Waals surface area (Å²) in [5.41, 5.74) is 4.43. The number of anilines is 1. The third-order valence-electron chi connectivity index (χ3n) is 5.52. The SMILES string of the molecule is CN(Cc1ccc(N2CCCCC2)cc1)C(=O)CCc1nc2ccccc2[nH]1. The second kappa shape index (κ2) is 8.46. The summed E-state index contributed by atoms with van der Waals surface area (Å²) < 4.78 is 0. The van der Waals surface area contributed by atoms with Gasteiger partial charge in [-0.3, -0.25) is 4.79 Å². The van der Waals surface area contributed by atoms with Crippen LogP contribution in [0.2, 0.25) is 0 Å². The standard InChI is InChI=1S/C23H28N4O/c1-26(17-18-9-11-19(12-10-18)27-15-5-2-6-16-27)23(28)14-13-22-24-20-7-3-4-8-21(20)25-22/h3-4,7-12H,2,5-6,13-17H2,1H3,(H,24,25). The molecule has 146 valence electrons. The van der Waals surface area contributed by atoms with Crippen LogP contribution in [0.15, 0.2) is 48.5 Å². The molecule has 2 heterocycles. The highest BCUT2D eigenvalue weighted by molar-refractivity contribution is 5.77. The van der Waals surface area contributed by atoms with Gasteiger partial charge in [0.25, 0.3) is 0 Å². The third-order valence-corrected chi connectivity index (χ3v) is 5.52. The van der Waals surface area contributed by atoms with E-state index in [-0.39, 0.29) is 5.91 Å². The predicted octanol–water partition coefficient (Wildman–Crippen LogP) is 4.14. The second-order valence-corrected chi connectivity index (χ2v) is 7.66. The monoisotopic (exact) mass is 376 g/mol. The molecular formula is C23H28N4O. The van der Waals surface area contributed by atoms with Crippen LogP contribution in [0.1, 0.15) is 37.1 Å². The van der Waals surface area contributed by atoms with E-state index in [2.05, 4.69) is 39.1 Å². The van der Waals surface area contributed by atoms with Gasteiger partial charge in [0.1, 0.15) is 5.82 Å². The van der Waals surface area contributed by atoms with Crippen LogP contribution >= 0.6 is 0 Å². The van der Waals surface area contributed by atoms with E-state index in [1.54, 1.807) is 4.90 Å². The topological polar surface area (TPSA) is 52.2 Å². The number of carbonyl (C=O) groups is 1. The number of piperidine rings is 1. The molecule has 1 amide bonds. The molecule has 1 aliphatic heterocycles. The first-order valence-electron chi connectivity index (χ1n) is 10.2. The van der Waals surface area contributed by atoms with Crippen LogP contribution in [-0.2, 0) is 17.8 Å². The largest absolute Gasteiger partial charge is 0.372 e. The van der Waals surface area contributed by atoms with Gasteiger partial charge in [-0.1, -0.05) is 24.3 Å². The Morgan fingerprint density at radius 3 is 2.57 bits per heavy atom. The van der Waals surface area contributed by atoms with E-state index in [1.165, 1.54) is 30.5 Å². The quantitative estimate of drug-likeness (QED) is 0.703. The number of hydrogen-bond donors (Lipinski definition) is 1. The zero-order valence-corrected chi connectivity index (χ0v) is 16.5. The molecule has 1 saturated heterocycles. The van der Waals surface area contributed by atoms with Crippen LogP contribution in [0, 0.1) is 0 Å². The molecule has 4 rings (SSSR count). The van der Waals surface area contributed by atoms with Gasteiger partial charge >= 0.3 is 0 Å². The van der Waals surface area contributed by atoms with Gasteiger partial charge in [-0.25, -0.2) is 4.98 Å². The molecule has 0 saturated carbocycles. The Kier molecular flexibility index (Phi) is 5.60. The van der Waals surface area contributed by atoms with Gasteiger partial charge in [-0.05, 0) is 49.1 Å². The van der Waals surface area contributed by atoms with Crippen LogP contribution in [0.3, 0.4) is 0 Å². The molecular weight excluding hydrogens is 348 g/mol. The Morgan fingerprint density at radius 2 is 1.82 bits per heavy atom. The molecule has 0 aliphatic carbocycles. The molecule has 1 aliphatic rings. The van der Waals surface area contributed by atoms with E-state index in [0.717, 1.165) is 29.9 Å². The van der Waals surface area contributed by atoms with Gasteiger partial charge in [-0.2, -0.15) is 0 Å². The van der Waals surface area contributed by atoms with Crippen molar-refractivity contribution in [1.29, 1.82) is 0 Å². The lowest BCUT2D eigenvalue weighted by Gasteiger charge is -2.29. The summed E-state index contributed by atoms with van der Waals surface area (Å²) in [6.45, 7) is 2.94. The predicted molar refractivity (Wildman–Crippen MR) is 113 cm³/mol. The second-order valence-electron chi connectivity index (χ2n) is 7.66. The van der Waals surface area contributed by atoms with Crippen LogP contribution in [0.5, 0.6) is 0 Å². The zero-order valence-electron chi connectivity index (χ0n) is 16.5. The number of H-pyrrole nitrogens is 1. The zero-order chi connectivity index (χ0) is 19.3. The van der Waals surface area contributed by atoms with Crippen molar-refractivity contribution in [2.75, 3.05) is 25.0 Å². The Bertz CT molecular complexity index is 892. The normalized spacial score (nSPS) is 14.4. The summed E-state index contributed by atoms with van der Waals surface area (Å²) in [6.07, 6.45) is 5.00. The number of aromatic nitrogens is 2. The summed E-state index contributed by atoms with van der Waals surface area (Å²) in [7, 11) is 1.87. The fourth-order valence-electron chi connectivity index (χ4n) is 3.87. The van der Waals surface area contributed by atoms with E-state index < -0.39 is 0 Å². The third kappa shape index (κ3) is 4.35. The smallest absolute Gasteiger partial charge is 0.223 e. The Balaban J connectivity index is 1.30. The maximum atomic E-state index is 12.5. The van der Waals surface area contributed by atoms with E-state index in [9.17, 15) is 4.79 Å². The minimum atomic E-state index is 0.139. The molecule has 0 unspecified atom stereocenters. The van der Waals surface area contributed by atoms with E-state index in [1.807, 2.05) is 31.3 Å². The number of aromatic amines is 1. The number of hydrogen-bond acceptors (Lipinski definition) is 3. The molecule has 0 atom stereocenters. The van der Waals surface area contributed by atoms with Crippen molar-refractivity contribution >= 4 is 22.6 Å². The van der Waals surface area contributed by atoms with E-state index >= 15 is 0 Å². The molecule has 5 nitrogen and oxygen atoms in total. The van der Waals surface area contributed by atoms with Gasteiger partial charge < -0.3 is 14.8 Å². The number of rotatable bonds is 6. The van der Waals surface area contributed by atoms with E-state index in [4.69, 9.17) is 0 Å². The van der Waals surface area contributed by atoms with Crippen molar-refractivity contribution in [2.45, 2.75) is 38.6 Å². The molecule has 0 spiro atoms. The van der Waals surface area contributed by atoms with Crippen LogP contribution in [0.4, 0.5) is 5.69 Å². The van der Waals surface area contributed by atoms with Gasteiger partial charge in [0.2, 0.25) is 5.91 Å². The number of carbonyl (C=O) groups excluding carboxylic acids is 1. The van der Waals surface area contributed by atoms with Crippen molar-refractivity contribution < 1.29 is 4.79 Å². The van der Waals surface area contributed by atoms with Crippen LogP contribution in [-0.4, -0.2) is 40.9 Å². The highest BCUT2D eigenvalue weighted by Gasteiger charge is 2.13. The highest BCUT2D eigenvalue weighted by atomic mass is 16.2. The van der Waals surface area contributed by atoms with Crippen LogP contribution < -0.4 is 4.90 Å². The summed E-state index contributed by atoms with van der Waals surface area (Å²) in [5.74, 6) is 1.01. The van der Waals surface area contributed by atoms with Crippen molar-refractivity contribution in [3.05, 3.63) is 59.9 Å². The molecule has 0 radical (unpaired) electrons. The molecule has 2 aromatic carbocycles. The van der Waals surface area contributed by atoms with Crippen molar-refractivity contribution in [1.82, 2.24) is 14.9 Å². The Morgan fingerprint density at radius 1 is 1.07 bits per heavy atom. The lowest BCUT2D eigenvalue weighted by molar-refractivity contribution is -0.130. The number of nitrogens with zero attached hydrogens (tertiary/aromatic N) is 3. The van der Waals surface area contributed by atoms with Crippen molar-refractivity contribution in [2.24, 2.45) is 0 Å². The maximum absolute atomic E-state index is 12.5. The first-order valence-corrected chi connectivity index (χ1v) is 10.2. The summed E-state index contributed by atoms with van der Waals surface area (Å²) in [4.78, 5) is 24.6. The van der Waals surface area contributed by atoms with Crippen LogP contribution in [0.25, 0.3) is 11.0 Å². The molecule has 1 N–H and O–H groups in total. The average Bonchev–Trinajstić information content (AvgIpc) is 3.16. The molecule has 28 heavy (non-hydrogen) atoms. The minimum Gasteiger partial charge on any atom is -0.372 e. The van der Waals surface area contributed by atoms with Gasteiger partial charge in [0.05, 0.1) is 11.0 Å². The van der Waals surface area contributed by atoms with Gasteiger partial charge in [0, 0.05) is 45.2 Å². The number of imidazole rings is 1. The number of aryl methyl sites for hydroxylation is 1. The minimum absolute atomic E-state index is 0.139. The lowest BCUT2D eigenvalue weighted by Crippen LogP contribution is -2.29.